The predicted octanol–water partition coefficient (Wildman–Crippen LogP) is 2.78. The third kappa shape index (κ3) is 1.66. The number of hydrogen-bond acceptors (Lipinski definition) is 1. The van der Waals surface area contributed by atoms with Gasteiger partial charge in [0.15, 0.2) is 0 Å². The molecule has 1 aliphatic rings. The third-order valence-electron chi connectivity index (χ3n) is 2.47. The van der Waals surface area contributed by atoms with Crippen molar-refractivity contribution in [3.63, 3.8) is 0 Å². The number of hydrogen-bond donors (Lipinski definition) is 1. The Balaban J connectivity index is 2.26. The van der Waals surface area contributed by atoms with Crippen molar-refractivity contribution < 1.29 is 14.3 Å². The van der Waals surface area contributed by atoms with Crippen molar-refractivity contribution in [1.82, 2.24) is 0 Å². The normalized spacial score (nSPS) is 24.7. The lowest BCUT2D eigenvalue weighted by Gasteiger charge is -2.02. The van der Waals surface area contributed by atoms with Crippen LogP contribution in [-0.2, 0) is 4.79 Å². The van der Waals surface area contributed by atoms with E-state index in [1.165, 1.54) is 12.1 Å². The zero-order valence-electron chi connectivity index (χ0n) is 7.21. The largest absolute Gasteiger partial charge is 0.481 e. The van der Waals surface area contributed by atoms with Crippen LogP contribution in [0.4, 0.5) is 4.39 Å². The summed E-state index contributed by atoms with van der Waals surface area (Å²) in [5, 5.41) is 8.74. The Morgan fingerprint density at radius 1 is 1.57 bits per heavy atom. The molecule has 74 valence electrons. The van der Waals surface area contributed by atoms with Gasteiger partial charge in [-0.1, -0.05) is 15.9 Å². The lowest BCUT2D eigenvalue weighted by Crippen LogP contribution is -1.99. The number of halogens is 2. The summed E-state index contributed by atoms with van der Waals surface area (Å²) in [5.74, 6) is -1.49. The first kappa shape index (κ1) is 9.65. The van der Waals surface area contributed by atoms with Crippen molar-refractivity contribution in [3.05, 3.63) is 34.1 Å². The van der Waals surface area contributed by atoms with Crippen molar-refractivity contribution in [1.29, 1.82) is 0 Å². The Hall–Kier alpha value is -0.900. The molecule has 4 heteroatoms. The van der Waals surface area contributed by atoms with Gasteiger partial charge in [0.25, 0.3) is 0 Å². The van der Waals surface area contributed by atoms with Gasteiger partial charge in [0.05, 0.1) is 5.92 Å². The molecule has 0 spiro atoms. The molecule has 1 aromatic carbocycles. The van der Waals surface area contributed by atoms with Crippen LogP contribution in [0.1, 0.15) is 17.9 Å². The molecule has 0 radical (unpaired) electrons. The molecule has 2 nitrogen and oxygen atoms in total. The highest BCUT2D eigenvalue weighted by molar-refractivity contribution is 9.10. The van der Waals surface area contributed by atoms with Crippen molar-refractivity contribution in [2.24, 2.45) is 5.92 Å². The van der Waals surface area contributed by atoms with E-state index >= 15 is 0 Å². The first-order chi connectivity index (χ1) is 6.59. The first-order valence-electron chi connectivity index (χ1n) is 4.27. The molecule has 0 bridgehead atoms. The molecule has 1 saturated carbocycles. The summed E-state index contributed by atoms with van der Waals surface area (Å²) < 4.78 is 13.7. The summed E-state index contributed by atoms with van der Waals surface area (Å²) in [6.45, 7) is 0. The average molecular weight is 259 g/mol. The molecule has 2 atom stereocenters. The molecular formula is C10H8BrFO2. The van der Waals surface area contributed by atoms with Gasteiger partial charge in [-0.25, -0.2) is 4.39 Å². The van der Waals surface area contributed by atoms with Gasteiger partial charge >= 0.3 is 5.97 Å². The Morgan fingerprint density at radius 2 is 2.29 bits per heavy atom. The van der Waals surface area contributed by atoms with E-state index in [4.69, 9.17) is 5.11 Å². The fourth-order valence-corrected chi connectivity index (χ4v) is 2.15. The molecule has 1 aliphatic carbocycles. The molecule has 1 N–H and O–H groups in total. The van der Waals surface area contributed by atoms with Gasteiger partial charge in [-0.2, -0.15) is 0 Å². The van der Waals surface area contributed by atoms with Crippen LogP contribution in [0.15, 0.2) is 22.7 Å². The molecule has 0 aliphatic heterocycles. The summed E-state index contributed by atoms with van der Waals surface area (Å²) in [7, 11) is 0. The number of benzene rings is 1. The molecule has 1 fully saturated rings. The zero-order chi connectivity index (χ0) is 10.3. The minimum atomic E-state index is -0.800. The van der Waals surface area contributed by atoms with Crippen molar-refractivity contribution in [2.45, 2.75) is 12.3 Å². The van der Waals surface area contributed by atoms with E-state index in [1.54, 1.807) is 6.07 Å². The van der Waals surface area contributed by atoms with Gasteiger partial charge in [-0.3, -0.25) is 4.79 Å². The van der Waals surface area contributed by atoms with Gasteiger partial charge in [0.2, 0.25) is 0 Å². The zero-order valence-corrected chi connectivity index (χ0v) is 8.79. The van der Waals surface area contributed by atoms with E-state index in [0.717, 1.165) is 10.0 Å². The standard InChI is InChI=1S/C10H8BrFO2/c11-9-2-1-5(12)3-7(9)6-4-8(6)10(13)14/h1-3,6,8H,4H2,(H,13,14)/t6-,8+/m0/s1. The van der Waals surface area contributed by atoms with Crippen molar-refractivity contribution in [2.75, 3.05) is 0 Å². The topological polar surface area (TPSA) is 37.3 Å². The van der Waals surface area contributed by atoms with Crippen molar-refractivity contribution >= 4 is 21.9 Å². The molecule has 0 amide bonds. The van der Waals surface area contributed by atoms with E-state index in [1.807, 2.05) is 0 Å². The highest BCUT2D eigenvalue weighted by Crippen LogP contribution is 2.49. The monoisotopic (exact) mass is 258 g/mol. The molecule has 0 heterocycles. The van der Waals surface area contributed by atoms with Gasteiger partial charge in [0.1, 0.15) is 5.82 Å². The summed E-state index contributed by atoms with van der Waals surface area (Å²) in [5.41, 5.74) is 0.761. The number of carboxylic acids is 1. The van der Waals surface area contributed by atoms with E-state index in [0.29, 0.717) is 6.42 Å². The molecule has 0 aromatic heterocycles. The first-order valence-corrected chi connectivity index (χ1v) is 5.06. The quantitative estimate of drug-likeness (QED) is 0.886. The predicted molar refractivity (Wildman–Crippen MR) is 52.6 cm³/mol. The Bertz CT molecular complexity index is 392. The second-order valence-corrected chi connectivity index (χ2v) is 4.31. The van der Waals surface area contributed by atoms with Crippen LogP contribution in [0.25, 0.3) is 0 Å². The van der Waals surface area contributed by atoms with Gasteiger partial charge in [0, 0.05) is 4.47 Å². The Kier molecular flexibility index (Phi) is 2.31. The minimum absolute atomic E-state index is 0.0300. The fraction of sp³-hybridized carbons (Fsp3) is 0.300. The number of carbonyl (C=O) groups is 1. The SMILES string of the molecule is O=C(O)[C@@H]1C[C@H]1c1cc(F)ccc1Br. The second kappa shape index (κ2) is 3.35. The lowest BCUT2D eigenvalue weighted by molar-refractivity contribution is -0.138. The van der Waals surface area contributed by atoms with Crippen LogP contribution in [0.3, 0.4) is 0 Å². The number of rotatable bonds is 2. The lowest BCUT2D eigenvalue weighted by atomic mass is 10.1. The van der Waals surface area contributed by atoms with Gasteiger partial charge in [-0.05, 0) is 36.1 Å². The van der Waals surface area contributed by atoms with Crippen LogP contribution in [0.5, 0.6) is 0 Å². The Morgan fingerprint density at radius 3 is 2.86 bits per heavy atom. The summed E-state index contributed by atoms with van der Waals surface area (Å²) in [4.78, 5) is 10.6. The van der Waals surface area contributed by atoms with E-state index in [-0.39, 0.29) is 17.7 Å². The van der Waals surface area contributed by atoms with E-state index in [2.05, 4.69) is 15.9 Å². The molecule has 2 rings (SSSR count). The van der Waals surface area contributed by atoms with E-state index in [9.17, 15) is 9.18 Å². The van der Waals surface area contributed by atoms with Crippen LogP contribution in [0.2, 0.25) is 0 Å². The summed E-state index contributed by atoms with van der Waals surface area (Å²) >= 11 is 3.29. The summed E-state index contributed by atoms with van der Waals surface area (Å²) in [6.07, 6.45) is 0.609. The third-order valence-corrected chi connectivity index (χ3v) is 3.19. The minimum Gasteiger partial charge on any atom is -0.481 e. The number of carboxylic acid groups (broad SMARTS) is 1. The van der Waals surface area contributed by atoms with Crippen LogP contribution >= 0.6 is 15.9 Å². The maximum absolute atomic E-state index is 12.9. The maximum atomic E-state index is 12.9. The van der Waals surface area contributed by atoms with E-state index < -0.39 is 5.97 Å². The number of aliphatic carboxylic acids is 1. The van der Waals surface area contributed by atoms with Crippen molar-refractivity contribution in [3.8, 4) is 0 Å². The fourth-order valence-electron chi connectivity index (χ4n) is 1.61. The van der Waals surface area contributed by atoms with Crippen LogP contribution < -0.4 is 0 Å². The molecular weight excluding hydrogens is 251 g/mol. The van der Waals surface area contributed by atoms with Gasteiger partial charge < -0.3 is 5.11 Å². The molecule has 1 aromatic rings. The summed E-state index contributed by atoms with van der Waals surface area (Å²) in [6, 6.07) is 4.37. The smallest absolute Gasteiger partial charge is 0.307 e. The molecule has 0 unspecified atom stereocenters. The molecule has 14 heavy (non-hydrogen) atoms. The maximum Gasteiger partial charge on any atom is 0.307 e. The second-order valence-electron chi connectivity index (χ2n) is 3.45. The highest BCUT2D eigenvalue weighted by Gasteiger charge is 2.45. The average Bonchev–Trinajstić information content (AvgIpc) is 2.88. The molecule has 0 saturated heterocycles. The van der Waals surface area contributed by atoms with Gasteiger partial charge in [-0.15, -0.1) is 0 Å². The van der Waals surface area contributed by atoms with Crippen LogP contribution in [0, 0.1) is 11.7 Å². The Labute approximate surface area is 88.9 Å². The highest BCUT2D eigenvalue weighted by atomic mass is 79.9. The van der Waals surface area contributed by atoms with Crippen LogP contribution in [-0.4, -0.2) is 11.1 Å².